The van der Waals surface area contributed by atoms with Crippen LogP contribution in [-0.2, 0) is 6.42 Å². The highest BCUT2D eigenvalue weighted by atomic mass is 19.3. The van der Waals surface area contributed by atoms with E-state index < -0.39 is 17.8 Å². The van der Waals surface area contributed by atoms with Crippen LogP contribution in [0.15, 0.2) is 36.8 Å². The van der Waals surface area contributed by atoms with E-state index in [0.717, 1.165) is 11.3 Å². The number of hydrogen-bond donors (Lipinski definition) is 1. The van der Waals surface area contributed by atoms with Gasteiger partial charge in [0.1, 0.15) is 16.9 Å². The van der Waals surface area contributed by atoms with E-state index in [1.807, 2.05) is 30.9 Å². The molecule has 2 unspecified atom stereocenters. The number of aromatic nitrogens is 3. The van der Waals surface area contributed by atoms with Gasteiger partial charge in [-0.1, -0.05) is 0 Å². The summed E-state index contributed by atoms with van der Waals surface area (Å²) >= 11 is 0. The van der Waals surface area contributed by atoms with Crippen molar-refractivity contribution in [3.05, 3.63) is 47.9 Å². The van der Waals surface area contributed by atoms with Gasteiger partial charge in [-0.15, -0.1) is 0 Å². The number of carbonyl (C=O) groups excluding carboxylic acids is 1. The third-order valence-electron chi connectivity index (χ3n) is 6.49. The molecule has 1 saturated heterocycles. The second-order valence-electron chi connectivity index (χ2n) is 9.21. The van der Waals surface area contributed by atoms with Crippen molar-refractivity contribution in [1.82, 2.24) is 14.6 Å². The molecule has 2 fully saturated rings. The molecule has 0 bridgehead atoms. The number of nitrogens with one attached hydrogen (secondary N) is 1. The maximum Gasteiger partial charge on any atom is 0.261 e. The Morgan fingerprint density at radius 3 is 2.81 bits per heavy atom. The standard InChI is InChI=1S/C22H21F2N5O2/c1-21(2)8-12-6-16(27-20(30)13-9-26-29-5-3-4-25-19(13)29)17(7-18(12)31-21)28-10-14-15(11-28)22(14,23)24/h3-7,9,14-15H,8,10-11H2,1-2H3,(H,27,30). The maximum absolute atomic E-state index is 13.8. The molecule has 4 heterocycles. The summed E-state index contributed by atoms with van der Waals surface area (Å²) in [5, 5.41) is 7.14. The minimum absolute atomic E-state index is 0.265. The number of ether oxygens (including phenoxy) is 1. The lowest BCUT2D eigenvalue weighted by molar-refractivity contribution is 0.0797. The first kappa shape index (κ1) is 18.5. The summed E-state index contributed by atoms with van der Waals surface area (Å²) in [4.78, 5) is 19.2. The summed E-state index contributed by atoms with van der Waals surface area (Å²) in [6, 6.07) is 5.51. The molecule has 160 valence electrons. The molecule has 31 heavy (non-hydrogen) atoms. The second kappa shape index (κ2) is 5.93. The molecule has 9 heteroatoms. The average Bonchev–Trinajstić information content (AvgIpc) is 3.21. The molecule has 1 aliphatic carbocycles. The average molecular weight is 425 g/mol. The predicted molar refractivity (Wildman–Crippen MR) is 110 cm³/mol. The molecular formula is C22H21F2N5O2. The Morgan fingerprint density at radius 1 is 1.26 bits per heavy atom. The minimum Gasteiger partial charge on any atom is -0.487 e. The summed E-state index contributed by atoms with van der Waals surface area (Å²) < 4.78 is 35.1. The monoisotopic (exact) mass is 425 g/mol. The zero-order chi connectivity index (χ0) is 21.5. The van der Waals surface area contributed by atoms with Crippen molar-refractivity contribution in [2.45, 2.75) is 31.8 Å². The van der Waals surface area contributed by atoms with Crippen molar-refractivity contribution < 1.29 is 18.3 Å². The van der Waals surface area contributed by atoms with Gasteiger partial charge in [0.15, 0.2) is 5.65 Å². The molecule has 0 spiro atoms. The highest BCUT2D eigenvalue weighted by Crippen LogP contribution is 2.60. The van der Waals surface area contributed by atoms with Gasteiger partial charge < -0.3 is 15.0 Å². The molecule has 7 nitrogen and oxygen atoms in total. The Balaban J connectivity index is 1.36. The Labute approximate surface area is 177 Å². The first-order valence-corrected chi connectivity index (χ1v) is 10.3. The molecular weight excluding hydrogens is 404 g/mol. The number of halogens is 2. The zero-order valence-corrected chi connectivity index (χ0v) is 17.1. The van der Waals surface area contributed by atoms with Gasteiger partial charge >= 0.3 is 0 Å². The molecule has 2 aliphatic heterocycles. The molecule has 0 radical (unpaired) electrons. The SMILES string of the molecule is CC1(C)Cc2cc(NC(=O)c3cnn4cccnc34)c(N3CC4C(C3)C4(F)F)cc2O1. The van der Waals surface area contributed by atoms with Crippen molar-refractivity contribution in [3.8, 4) is 5.75 Å². The highest BCUT2D eigenvalue weighted by molar-refractivity contribution is 6.09. The highest BCUT2D eigenvalue weighted by Gasteiger charge is 2.71. The van der Waals surface area contributed by atoms with Gasteiger partial charge in [-0.05, 0) is 26.0 Å². The number of rotatable bonds is 3. The number of amides is 1. The first-order chi connectivity index (χ1) is 14.7. The lowest BCUT2D eigenvalue weighted by Crippen LogP contribution is -2.28. The van der Waals surface area contributed by atoms with Gasteiger partial charge in [-0.3, -0.25) is 4.79 Å². The van der Waals surface area contributed by atoms with Crippen LogP contribution in [0.1, 0.15) is 29.8 Å². The summed E-state index contributed by atoms with van der Waals surface area (Å²) in [5.41, 5.74) is 2.72. The number of carbonyl (C=O) groups is 1. The Morgan fingerprint density at radius 2 is 2.03 bits per heavy atom. The molecule has 1 aromatic carbocycles. The van der Waals surface area contributed by atoms with Crippen LogP contribution < -0.4 is 15.0 Å². The van der Waals surface area contributed by atoms with Crippen LogP contribution in [0, 0.1) is 11.8 Å². The Bertz CT molecular complexity index is 1220. The number of fused-ring (bicyclic) bond motifs is 3. The predicted octanol–water partition coefficient (Wildman–Crippen LogP) is 3.40. The van der Waals surface area contributed by atoms with E-state index in [2.05, 4.69) is 15.4 Å². The van der Waals surface area contributed by atoms with Gasteiger partial charge in [0.05, 0.1) is 29.4 Å². The lowest BCUT2D eigenvalue weighted by atomic mass is 10.0. The fraction of sp³-hybridized carbons (Fsp3) is 0.409. The Kier molecular flexibility index (Phi) is 3.54. The third kappa shape index (κ3) is 2.79. The van der Waals surface area contributed by atoms with Crippen LogP contribution in [0.5, 0.6) is 5.75 Å². The second-order valence-corrected chi connectivity index (χ2v) is 9.21. The van der Waals surface area contributed by atoms with E-state index >= 15 is 0 Å². The summed E-state index contributed by atoms with van der Waals surface area (Å²) in [6.45, 7) is 4.53. The van der Waals surface area contributed by atoms with E-state index in [1.54, 1.807) is 18.5 Å². The van der Waals surface area contributed by atoms with Crippen LogP contribution >= 0.6 is 0 Å². The van der Waals surface area contributed by atoms with Crippen molar-refractivity contribution >= 4 is 22.9 Å². The van der Waals surface area contributed by atoms with Gasteiger partial charge in [0.25, 0.3) is 11.8 Å². The van der Waals surface area contributed by atoms with E-state index in [1.165, 1.54) is 10.7 Å². The number of hydrogen-bond acceptors (Lipinski definition) is 5. The number of anilines is 2. The third-order valence-corrected chi connectivity index (χ3v) is 6.49. The molecule has 6 rings (SSSR count). The van der Waals surface area contributed by atoms with Crippen molar-refractivity contribution in [2.75, 3.05) is 23.3 Å². The van der Waals surface area contributed by atoms with Crippen LogP contribution in [0.25, 0.3) is 5.65 Å². The van der Waals surface area contributed by atoms with Crippen molar-refractivity contribution in [2.24, 2.45) is 11.8 Å². The number of nitrogens with zero attached hydrogens (tertiary/aromatic N) is 4. The van der Waals surface area contributed by atoms with E-state index in [4.69, 9.17) is 4.74 Å². The van der Waals surface area contributed by atoms with Crippen LogP contribution in [-0.4, -0.2) is 45.1 Å². The minimum atomic E-state index is -2.57. The van der Waals surface area contributed by atoms with Crippen molar-refractivity contribution in [1.29, 1.82) is 0 Å². The summed E-state index contributed by atoms with van der Waals surface area (Å²) in [5.74, 6) is -3.42. The van der Waals surface area contributed by atoms with Gasteiger partial charge in [0.2, 0.25) is 0 Å². The molecule has 1 saturated carbocycles. The van der Waals surface area contributed by atoms with Crippen LogP contribution in [0.2, 0.25) is 0 Å². The molecule has 3 aliphatic rings. The summed E-state index contributed by atoms with van der Waals surface area (Å²) in [6.07, 6.45) is 5.50. The normalized spacial score (nSPS) is 24.6. The first-order valence-electron chi connectivity index (χ1n) is 10.3. The quantitative estimate of drug-likeness (QED) is 0.697. The van der Waals surface area contributed by atoms with Crippen molar-refractivity contribution in [3.63, 3.8) is 0 Å². The van der Waals surface area contributed by atoms with Crippen LogP contribution in [0.4, 0.5) is 20.2 Å². The number of benzene rings is 1. The van der Waals surface area contributed by atoms with Gasteiger partial charge in [-0.25, -0.2) is 18.3 Å². The number of piperidine rings is 1. The molecule has 3 aromatic rings. The smallest absolute Gasteiger partial charge is 0.261 e. The zero-order valence-electron chi connectivity index (χ0n) is 17.1. The van der Waals surface area contributed by atoms with Gasteiger partial charge in [-0.2, -0.15) is 5.10 Å². The van der Waals surface area contributed by atoms with E-state index in [-0.39, 0.29) is 24.6 Å². The largest absolute Gasteiger partial charge is 0.487 e. The number of alkyl halides is 2. The van der Waals surface area contributed by atoms with E-state index in [9.17, 15) is 13.6 Å². The molecule has 1 amide bonds. The fourth-order valence-electron chi connectivity index (χ4n) is 4.88. The summed E-state index contributed by atoms with van der Waals surface area (Å²) in [7, 11) is 0. The lowest BCUT2D eigenvalue weighted by Gasteiger charge is -2.25. The molecule has 1 N–H and O–H groups in total. The Hall–Kier alpha value is -3.23. The maximum atomic E-state index is 13.8. The molecule has 2 aromatic heterocycles. The van der Waals surface area contributed by atoms with Gasteiger partial charge in [0, 0.05) is 43.5 Å². The van der Waals surface area contributed by atoms with Crippen LogP contribution in [0.3, 0.4) is 0 Å². The van der Waals surface area contributed by atoms with E-state index in [0.29, 0.717) is 29.0 Å². The molecule has 2 atom stereocenters. The fourth-order valence-corrected chi connectivity index (χ4v) is 4.88. The topological polar surface area (TPSA) is 71.8 Å².